The molecule has 5 nitrogen and oxygen atoms in total. The normalized spacial score (nSPS) is 17.2. The summed E-state index contributed by atoms with van der Waals surface area (Å²) in [7, 11) is 0. The predicted octanol–water partition coefficient (Wildman–Crippen LogP) is 3.17. The highest BCUT2D eigenvalue weighted by molar-refractivity contribution is 5.86. The Morgan fingerprint density at radius 2 is 2.22 bits per heavy atom. The summed E-state index contributed by atoms with van der Waals surface area (Å²) in [6, 6.07) is 11.0. The molecule has 2 aromatic rings. The summed E-state index contributed by atoms with van der Waals surface area (Å²) in [6.45, 7) is 3.97. The Bertz CT molecular complexity index is 708. The second-order valence-corrected chi connectivity index (χ2v) is 5.76. The van der Waals surface area contributed by atoms with Crippen LogP contribution >= 0.6 is 0 Å². The minimum atomic E-state index is -1.03. The molecule has 1 aliphatic rings. The number of nitrogens with zero attached hydrogens (tertiary/aromatic N) is 1. The fourth-order valence-corrected chi connectivity index (χ4v) is 2.64. The maximum atomic E-state index is 11.2. The van der Waals surface area contributed by atoms with Gasteiger partial charge >= 0.3 is 5.97 Å². The van der Waals surface area contributed by atoms with Gasteiger partial charge in [0.15, 0.2) is 0 Å². The lowest BCUT2D eigenvalue weighted by atomic mass is 10.1. The summed E-state index contributed by atoms with van der Waals surface area (Å²) < 4.78 is 11.3. The Morgan fingerprint density at radius 1 is 1.39 bits per heavy atom. The van der Waals surface area contributed by atoms with E-state index >= 15 is 0 Å². The van der Waals surface area contributed by atoms with E-state index in [9.17, 15) is 9.90 Å². The number of rotatable bonds is 5. The van der Waals surface area contributed by atoms with Crippen LogP contribution in [0, 0.1) is 12.8 Å². The third kappa shape index (κ3) is 3.68. The Kier molecular flexibility index (Phi) is 4.57. The van der Waals surface area contributed by atoms with Crippen molar-refractivity contribution in [3.63, 3.8) is 0 Å². The largest absolute Gasteiger partial charge is 0.493 e. The second-order valence-electron chi connectivity index (χ2n) is 5.76. The molecule has 3 rings (SSSR count). The van der Waals surface area contributed by atoms with E-state index in [1.54, 1.807) is 6.07 Å². The lowest BCUT2D eigenvalue weighted by Gasteiger charge is -2.14. The molecule has 1 N–H and O–H groups in total. The number of aromatic carboxylic acids is 1. The summed E-state index contributed by atoms with van der Waals surface area (Å²) in [4.78, 5) is 15.5. The second kappa shape index (κ2) is 6.79. The SMILES string of the molecule is Cc1cc(C(=O)O)nc(-c2ccccc2OCC2CCOC2)c1. The van der Waals surface area contributed by atoms with Gasteiger partial charge in [0.25, 0.3) is 0 Å². The Labute approximate surface area is 134 Å². The molecule has 1 aromatic heterocycles. The van der Waals surface area contributed by atoms with Crippen molar-refractivity contribution in [2.45, 2.75) is 13.3 Å². The number of benzene rings is 1. The molecule has 0 spiro atoms. The topological polar surface area (TPSA) is 68.7 Å². The standard InChI is InChI=1S/C18H19NO4/c1-12-8-15(19-16(9-12)18(20)21)14-4-2-3-5-17(14)23-11-13-6-7-22-10-13/h2-5,8-9,13H,6-7,10-11H2,1H3,(H,20,21). The molecule has 0 amide bonds. The summed E-state index contributed by atoms with van der Waals surface area (Å²) in [6.07, 6.45) is 1.01. The monoisotopic (exact) mass is 313 g/mol. The van der Waals surface area contributed by atoms with Crippen molar-refractivity contribution < 1.29 is 19.4 Å². The van der Waals surface area contributed by atoms with Crippen molar-refractivity contribution in [3.05, 3.63) is 47.7 Å². The summed E-state index contributed by atoms with van der Waals surface area (Å²) in [5, 5.41) is 9.19. The molecule has 1 fully saturated rings. The fourth-order valence-electron chi connectivity index (χ4n) is 2.64. The van der Waals surface area contributed by atoms with E-state index in [0.29, 0.717) is 24.0 Å². The third-order valence-electron chi connectivity index (χ3n) is 3.85. The van der Waals surface area contributed by atoms with E-state index in [1.165, 1.54) is 0 Å². The number of carboxylic acids is 1. The van der Waals surface area contributed by atoms with Gasteiger partial charge in [-0.05, 0) is 43.2 Å². The van der Waals surface area contributed by atoms with Crippen LogP contribution in [0.25, 0.3) is 11.3 Å². The van der Waals surface area contributed by atoms with Gasteiger partial charge in [-0.15, -0.1) is 0 Å². The smallest absolute Gasteiger partial charge is 0.354 e. The molecule has 0 saturated carbocycles. The summed E-state index contributed by atoms with van der Waals surface area (Å²) >= 11 is 0. The molecule has 0 bridgehead atoms. The van der Waals surface area contributed by atoms with Crippen LogP contribution in [0.5, 0.6) is 5.75 Å². The van der Waals surface area contributed by atoms with Crippen LogP contribution in [-0.2, 0) is 4.74 Å². The van der Waals surface area contributed by atoms with Crippen molar-refractivity contribution in [1.82, 2.24) is 4.98 Å². The van der Waals surface area contributed by atoms with Gasteiger partial charge in [0.2, 0.25) is 0 Å². The number of pyridine rings is 1. The maximum Gasteiger partial charge on any atom is 0.354 e. The van der Waals surface area contributed by atoms with Crippen LogP contribution in [0.15, 0.2) is 36.4 Å². The quantitative estimate of drug-likeness (QED) is 0.918. The van der Waals surface area contributed by atoms with Gasteiger partial charge in [-0.3, -0.25) is 0 Å². The van der Waals surface area contributed by atoms with Crippen LogP contribution in [0.1, 0.15) is 22.5 Å². The van der Waals surface area contributed by atoms with Crippen molar-refractivity contribution >= 4 is 5.97 Å². The van der Waals surface area contributed by atoms with Gasteiger partial charge in [-0.25, -0.2) is 9.78 Å². The molecule has 2 heterocycles. The highest BCUT2D eigenvalue weighted by Crippen LogP contribution is 2.30. The average molecular weight is 313 g/mol. The van der Waals surface area contributed by atoms with E-state index in [2.05, 4.69) is 4.98 Å². The first-order valence-corrected chi connectivity index (χ1v) is 7.65. The third-order valence-corrected chi connectivity index (χ3v) is 3.85. The predicted molar refractivity (Wildman–Crippen MR) is 85.8 cm³/mol. The van der Waals surface area contributed by atoms with Gasteiger partial charge in [0, 0.05) is 18.1 Å². The minimum Gasteiger partial charge on any atom is -0.493 e. The first-order chi connectivity index (χ1) is 11.1. The Balaban J connectivity index is 1.88. The van der Waals surface area contributed by atoms with Crippen LogP contribution in [0.2, 0.25) is 0 Å². The minimum absolute atomic E-state index is 0.0407. The number of hydrogen-bond donors (Lipinski definition) is 1. The number of ether oxygens (including phenoxy) is 2. The Morgan fingerprint density at radius 3 is 2.96 bits per heavy atom. The van der Waals surface area contributed by atoms with E-state index in [-0.39, 0.29) is 5.69 Å². The number of carboxylic acid groups (broad SMARTS) is 1. The molecule has 120 valence electrons. The molecule has 1 aliphatic heterocycles. The molecule has 1 unspecified atom stereocenters. The van der Waals surface area contributed by atoms with Crippen LogP contribution in [0.4, 0.5) is 0 Å². The number of aryl methyl sites for hydroxylation is 1. The first-order valence-electron chi connectivity index (χ1n) is 7.65. The molecule has 0 radical (unpaired) electrons. The van der Waals surface area contributed by atoms with Crippen LogP contribution in [0.3, 0.4) is 0 Å². The lowest BCUT2D eigenvalue weighted by molar-refractivity contribution is 0.0690. The van der Waals surface area contributed by atoms with E-state index in [4.69, 9.17) is 9.47 Å². The lowest BCUT2D eigenvalue weighted by Crippen LogP contribution is -2.12. The van der Waals surface area contributed by atoms with Gasteiger partial charge in [0.1, 0.15) is 11.4 Å². The van der Waals surface area contributed by atoms with E-state index in [0.717, 1.165) is 30.8 Å². The van der Waals surface area contributed by atoms with E-state index in [1.807, 2.05) is 37.3 Å². The zero-order chi connectivity index (χ0) is 16.2. The zero-order valence-electron chi connectivity index (χ0n) is 13.0. The molecule has 23 heavy (non-hydrogen) atoms. The number of carbonyl (C=O) groups is 1. The highest BCUT2D eigenvalue weighted by atomic mass is 16.5. The number of hydrogen-bond acceptors (Lipinski definition) is 4. The number of aromatic nitrogens is 1. The Hall–Kier alpha value is -2.40. The van der Waals surface area contributed by atoms with E-state index < -0.39 is 5.97 Å². The highest BCUT2D eigenvalue weighted by Gasteiger charge is 2.18. The molecule has 0 aliphatic carbocycles. The number of para-hydroxylation sites is 1. The first kappa shape index (κ1) is 15.5. The molecular formula is C18H19NO4. The summed E-state index contributed by atoms with van der Waals surface area (Å²) in [5.74, 6) is 0.0911. The van der Waals surface area contributed by atoms with Gasteiger partial charge in [-0.2, -0.15) is 0 Å². The van der Waals surface area contributed by atoms with Gasteiger partial charge < -0.3 is 14.6 Å². The van der Waals surface area contributed by atoms with Gasteiger partial charge in [-0.1, -0.05) is 12.1 Å². The summed E-state index contributed by atoms with van der Waals surface area (Å²) in [5.41, 5.74) is 2.31. The van der Waals surface area contributed by atoms with Crippen LogP contribution in [-0.4, -0.2) is 35.9 Å². The molecule has 1 aromatic carbocycles. The van der Waals surface area contributed by atoms with Crippen molar-refractivity contribution in [1.29, 1.82) is 0 Å². The van der Waals surface area contributed by atoms with Crippen molar-refractivity contribution in [2.24, 2.45) is 5.92 Å². The molecule has 1 saturated heterocycles. The van der Waals surface area contributed by atoms with Crippen molar-refractivity contribution in [3.8, 4) is 17.0 Å². The molecule has 5 heteroatoms. The van der Waals surface area contributed by atoms with Gasteiger partial charge in [0.05, 0.1) is 18.9 Å². The fraction of sp³-hybridized carbons (Fsp3) is 0.333. The van der Waals surface area contributed by atoms with Crippen molar-refractivity contribution in [2.75, 3.05) is 19.8 Å². The van der Waals surface area contributed by atoms with Crippen LogP contribution < -0.4 is 4.74 Å². The maximum absolute atomic E-state index is 11.2. The molecular weight excluding hydrogens is 294 g/mol. The zero-order valence-corrected chi connectivity index (χ0v) is 13.0. The average Bonchev–Trinajstić information content (AvgIpc) is 3.06. The molecule has 1 atom stereocenters.